The first kappa shape index (κ1) is 30.1. The highest BCUT2D eigenvalue weighted by Crippen LogP contribution is 2.29. The van der Waals surface area contributed by atoms with Crippen LogP contribution < -0.4 is 16.0 Å². The number of thioether (sulfide) groups is 1. The van der Waals surface area contributed by atoms with Gasteiger partial charge in [0.25, 0.3) is 0 Å². The van der Waals surface area contributed by atoms with Crippen molar-refractivity contribution in [3.8, 4) is 0 Å². The quantitative estimate of drug-likeness (QED) is 0.272. The molecule has 13 nitrogen and oxygen atoms in total. The third kappa shape index (κ3) is 7.37. The summed E-state index contributed by atoms with van der Waals surface area (Å²) in [5.74, 6) is -1.78. The number of amides is 4. The molecule has 1 fully saturated rings. The Hall–Kier alpha value is -4.33. The lowest BCUT2D eigenvalue weighted by Crippen LogP contribution is -2.58. The van der Waals surface area contributed by atoms with Crippen LogP contribution in [-0.2, 0) is 32.1 Å². The molecule has 4 bridgehead atoms. The third-order valence-electron chi connectivity index (χ3n) is 7.54. The lowest BCUT2D eigenvalue weighted by Gasteiger charge is -2.28. The first-order valence-corrected chi connectivity index (χ1v) is 15.2. The number of aromatic nitrogens is 5. The predicted molar refractivity (Wildman–Crippen MR) is 157 cm³/mol. The molecule has 0 radical (unpaired) electrons. The zero-order valence-electron chi connectivity index (χ0n) is 24.3. The number of carbonyl (C=O) groups excluding carboxylic acids is 4. The van der Waals surface area contributed by atoms with E-state index in [1.165, 1.54) is 16.7 Å². The van der Waals surface area contributed by atoms with Gasteiger partial charge in [-0.2, -0.15) is 0 Å². The number of fused-ring (bicyclic) bond motifs is 5. The van der Waals surface area contributed by atoms with E-state index in [0.717, 1.165) is 11.3 Å². The molecule has 0 unspecified atom stereocenters. The van der Waals surface area contributed by atoms with E-state index in [-0.39, 0.29) is 49.0 Å². The molecule has 0 aliphatic carbocycles. The van der Waals surface area contributed by atoms with Gasteiger partial charge in [-0.1, -0.05) is 61.2 Å². The van der Waals surface area contributed by atoms with Crippen molar-refractivity contribution in [1.29, 1.82) is 0 Å². The molecule has 2 aliphatic rings. The summed E-state index contributed by atoms with van der Waals surface area (Å²) < 4.78 is 1.64. The van der Waals surface area contributed by atoms with Crippen LogP contribution in [0.4, 0.5) is 0 Å². The molecule has 3 N–H and O–H groups in total. The number of hydrogen-bond acceptors (Lipinski definition) is 9. The Labute approximate surface area is 253 Å². The fraction of sp³-hybridized carbons (Fsp3) is 0.448. The minimum absolute atomic E-state index is 0.0455. The van der Waals surface area contributed by atoms with Gasteiger partial charge in [0.05, 0.1) is 24.5 Å². The van der Waals surface area contributed by atoms with E-state index in [0.29, 0.717) is 17.3 Å². The molecular weight excluding hydrogens is 570 g/mol. The van der Waals surface area contributed by atoms with Crippen LogP contribution in [0, 0.1) is 12.8 Å². The fourth-order valence-corrected chi connectivity index (χ4v) is 5.98. The van der Waals surface area contributed by atoms with Gasteiger partial charge in [-0.3, -0.25) is 19.2 Å². The monoisotopic (exact) mass is 605 g/mol. The van der Waals surface area contributed by atoms with Crippen molar-refractivity contribution in [2.24, 2.45) is 5.92 Å². The van der Waals surface area contributed by atoms with Crippen molar-refractivity contribution in [2.45, 2.75) is 69.5 Å². The molecule has 43 heavy (non-hydrogen) atoms. The topological polar surface area (TPSA) is 164 Å². The van der Waals surface area contributed by atoms with Gasteiger partial charge in [-0.25, -0.2) is 14.6 Å². The molecule has 0 saturated carbocycles. The third-order valence-corrected chi connectivity index (χ3v) is 8.38. The summed E-state index contributed by atoms with van der Waals surface area (Å²) >= 11 is 1.20. The van der Waals surface area contributed by atoms with E-state index >= 15 is 0 Å². The highest BCUT2D eigenvalue weighted by atomic mass is 32.2. The summed E-state index contributed by atoms with van der Waals surface area (Å²) in [6, 6.07) is 8.19. The molecule has 1 saturated heterocycles. The maximum Gasteiger partial charge on any atom is 0.243 e. The number of aryl methyl sites for hydroxylation is 1. The van der Waals surface area contributed by atoms with Crippen LogP contribution in [0.2, 0.25) is 0 Å². The average Bonchev–Trinajstić information content (AvgIpc) is 3.65. The molecule has 226 valence electrons. The summed E-state index contributed by atoms with van der Waals surface area (Å²) in [7, 11) is 0. The van der Waals surface area contributed by atoms with E-state index in [2.05, 4.69) is 36.2 Å². The summed E-state index contributed by atoms with van der Waals surface area (Å²) in [4.78, 5) is 64.2. The Morgan fingerprint density at radius 1 is 1.07 bits per heavy atom. The fourth-order valence-electron chi connectivity index (χ4n) is 5.21. The maximum atomic E-state index is 13.8. The first-order valence-electron chi connectivity index (χ1n) is 14.2. The predicted octanol–water partition coefficient (Wildman–Crippen LogP) is 0.809. The second kappa shape index (κ2) is 13.3. The van der Waals surface area contributed by atoms with Crippen molar-refractivity contribution in [3.63, 3.8) is 0 Å². The van der Waals surface area contributed by atoms with Crippen molar-refractivity contribution < 1.29 is 19.2 Å². The molecule has 0 spiro atoms. The van der Waals surface area contributed by atoms with Crippen LogP contribution in [-0.4, -0.2) is 83.9 Å². The van der Waals surface area contributed by atoms with E-state index in [4.69, 9.17) is 0 Å². The standard InChI is InChI=1S/C29H35N9O4S/c1-17(2)25-28(42)33-22(11-19-7-5-4-6-8-19)26(40)31-13-20-14-38(36-35-20)21-12-23(27(41)34-25)37(15-21)24(39)16-43-29-30-10-9-18(3)32-29/h4-10,14,17,21-23,25H,11-13,15-16H2,1-3H3,(H,31,40)(H,33,42)(H,34,41)/t21-,22+,23-,25-/m0/s1. The van der Waals surface area contributed by atoms with Crippen molar-refractivity contribution in [2.75, 3.05) is 12.3 Å². The number of hydrogen-bond donors (Lipinski definition) is 3. The lowest BCUT2D eigenvalue weighted by atomic mass is 10.00. The number of nitrogens with one attached hydrogen (secondary N) is 3. The summed E-state index contributed by atoms with van der Waals surface area (Å²) in [5.41, 5.74) is 2.18. The van der Waals surface area contributed by atoms with Gasteiger partial charge in [0.15, 0.2) is 5.16 Å². The Morgan fingerprint density at radius 3 is 2.60 bits per heavy atom. The van der Waals surface area contributed by atoms with E-state index < -0.39 is 29.9 Å². The van der Waals surface area contributed by atoms with Crippen molar-refractivity contribution in [1.82, 2.24) is 45.8 Å². The molecule has 4 heterocycles. The van der Waals surface area contributed by atoms with Crippen LogP contribution >= 0.6 is 11.8 Å². The highest BCUT2D eigenvalue weighted by Gasteiger charge is 2.42. The SMILES string of the molecule is Cc1ccnc(SCC(=O)N2C[C@@H]3C[C@H]2C(=O)N[C@@H](C(C)C)C(=O)N[C@H](Cc2ccccc2)C(=O)NCc2cn3nn2)n1. The van der Waals surface area contributed by atoms with Crippen LogP contribution in [0.5, 0.6) is 0 Å². The second-order valence-corrected chi connectivity index (χ2v) is 12.1. The molecule has 3 aromatic rings. The molecule has 5 rings (SSSR count). The number of benzene rings is 1. The Morgan fingerprint density at radius 2 is 1.86 bits per heavy atom. The van der Waals surface area contributed by atoms with Gasteiger partial charge < -0.3 is 20.9 Å². The molecule has 1 aromatic carbocycles. The Kier molecular flexibility index (Phi) is 9.34. The number of rotatable bonds is 6. The van der Waals surface area contributed by atoms with E-state index in [9.17, 15) is 19.2 Å². The van der Waals surface area contributed by atoms with Crippen LogP contribution in [0.3, 0.4) is 0 Å². The normalized spacial score (nSPS) is 22.8. The number of likely N-dealkylation sites (tertiary alicyclic amines) is 1. The largest absolute Gasteiger partial charge is 0.349 e. The van der Waals surface area contributed by atoms with Crippen LogP contribution in [0.15, 0.2) is 53.9 Å². The number of nitrogens with zero attached hydrogens (tertiary/aromatic N) is 6. The van der Waals surface area contributed by atoms with Crippen LogP contribution in [0.25, 0.3) is 0 Å². The van der Waals surface area contributed by atoms with Crippen molar-refractivity contribution >= 4 is 35.4 Å². The smallest absolute Gasteiger partial charge is 0.243 e. The molecule has 4 amide bonds. The highest BCUT2D eigenvalue weighted by molar-refractivity contribution is 7.99. The maximum absolute atomic E-state index is 13.8. The molecule has 4 atom stereocenters. The number of carbonyl (C=O) groups is 4. The van der Waals surface area contributed by atoms with Gasteiger partial charge in [0, 0.05) is 31.3 Å². The van der Waals surface area contributed by atoms with Gasteiger partial charge in [0.1, 0.15) is 23.8 Å². The van der Waals surface area contributed by atoms with Gasteiger partial charge >= 0.3 is 0 Å². The van der Waals surface area contributed by atoms with Gasteiger partial charge in [0.2, 0.25) is 23.6 Å². The minimum atomic E-state index is -0.924. The first-order chi connectivity index (χ1) is 20.7. The van der Waals surface area contributed by atoms with Crippen molar-refractivity contribution in [3.05, 3.63) is 65.7 Å². The second-order valence-electron chi connectivity index (χ2n) is 11.1. The summed E-state index contributed by atoms with van der Waals surface area (Å²) in [5, 5.41) is 17.5. The Balaban J connectivity index is 1.40. The van der Waals surface area contributed by atoms with E-state index in [1.54, 1.807) is 23.1 Å². The molecular formula is C29H35N9O4S. The molecule has 2 aliphatic heterocycles. The Bertz CT molecular complexity index is 1480. The lowest BCUT2D eigenvalue weighted by molar-refractivity contribution is -0.138. The zero-order chi connectivity index (χ0) is 30.5. The zero-order valence-corrected chi connectivity index (χ0v) is 25.1. The van der Waals surface area contributed by atoms with E-state index in [1.807, 2.05) is 51.1 Å². The molecule has 2 aromatic heterocycles. The van der Waals surface area contributed by atoms with Crippen LogP contribution in [0.1, 0.15) is 43.3 Å². The summed E-state index contributed by atoms with van der Waals surface area (Å²) in [6.07, 6.45) is 3.91. The molecule has 14 heteroatoms. The van der Waals surface area contributed by atoms with Gasteiger partial charge in [-0.15, -0.1) is 5.10 Å². The minimum Gasteiger partial charge on any atom is -0.349 e. The average molecular weight is 606 g/mol. The van der Waals surface area contributed by atoms with Gasteiger partial charge in [-0.05, 0) is 24.5 Å². The summed E-state index contributed by atoms with van der Waals surface area (Å²) in [6.45, 7) is 5.83.